The third-order valence-electron chi connectivity index (χ3n) is 1.20. The standard InChI is InChI=1S/C8H18N2O4S/c1-8(2,3)10-7(11)14-6(9)5-15(4,12)13/h6H,5,9H2,1-4H3,(H,10,11). The lowest BCUT2D eigenvalue weighted by Gasteiger charge is -2.21. The number of nitrogens with one attached hydrogen (secondary N) is 1. The van der Waals surface area contributed by atoms with Crippen molar-refractivity contribution < 1.29 is 17.9 Å². The average Bonchev–Trinajstić information content (AvgIpc) is 1.73. The smallest absolute Gasteiger partial charge is 0.409 e. The van der Waals surface area contributed by atoms with Crippen LogP contribution in [0, 0.1) is 0 Å². The molecular formula is C8H18N2O4S. The van der Waals surface area contributed by atoms with Crippen molar-refractivity contribution in [2.45, 2.75) is 32.5 Å². The van der Waals surface area contributed by atoms with Gasteiger partial charge >= 0.3 is 6.09 Å². The molecule has 0 saturated carbocycles. The van der Waals surface area contributed by atoms with Crippen molar-refractivity contribution in [2.75, 3.05) is 12.0 Å². The first kappa shape index (κ1) is 14.2. The predicted octanol–water partition coefficient (Wildman–Crippen LogP) is -0.159. The van der Waals surface area contributed by atoms with E-state index in [9.17, 15) is 13.2 Å². The van der Waals surface area contributed by atoms with Crippen molar-refractivity contribution in [1.82, 2.24) is 5.32 Å². The van der Waals surface area contributed by atoms with E-state index in [1.807, 2.05) is 0 Å². The van der Waals surface area contributed by atoms with Crippen LogP contribution in [-0.4, -0.2) is 38.3 Å². The molecule has 15 heavy (non-hydrogen) atoms. The van der Waals surface area contributed by atoms with Crippen LogP contribution < -0.4 is 11.1 Å². The topological polar surface area (TPSA) is 98.5 Å². The molecule has 0 rings (SSSR count). The van der Waals surface area contributed by atoms with E-state index in [1.165, 1.54) is 0 Å². The Hall–Kier alpha value is -0.820. The monoisotopic (exact) mass is 238 g/mol. The normalized spacial score (nSPS) is 14.5. The van der Waals surface area contributed by atoms with E-state index >= 15 is 0 Å². The summed E-state index contributed by atoms with van der Waals surface area (Å²) in [4.78, 5) is 11.1. The van der Waals surface area contributed by atoms with Gasteiger partial charge in [0.25, 0.3) is 0 Å². The number of rotatable bonds is 3. The van der Waals surface area contributed by atoms with Gasteiger partial charge in [-0.1, -0.05) is 0 Å². The van der Waals surface area contributed by atoms with Crippen molar-refractivity contribution in [3.8, 4) is 0 Å². The highest BCUT2D eigenvalue weighted by molar-refractivity contribution is 7.90. The summed E-state index contributed by atoms with van der Waals surface area (Å²) in [5.74, 6) is -0.384. The van der Waals surface area contributed by atoms with E-state index in [4.69, 9.17) is 5.73 Å². The third kappa shape index (κ3) is 9.48. The number of carbonyl (C=O) groups excluding carboxylic acids is 1. The number of nitrogens with two attached hydrogens (primary N) is 1. The Morgan fingerprint density at radius 2 is 1.93 bits per heavy atom. The van der Waals surface area contributed by atoms with Crippen molar-refractivity contribution in [3.05, 3.63) is 0 Å². The minimum atomic E-state index is -3.24. The lowest BCUT2D eigenvalue weighted by atomic mass is 10.1. The average molecular weight is 238 g/mol. The summed E-state index contributed by atoms with van der Waals surface area (Å²) >= 11 is 0. The van der Waals surface area contributed by atoms with Gasteiger partial charge in [0, 0.05) is 11.8 Å². The number of hydrogen-bond acceptors (Lipinski definition) is 5. The molecule has 0 radical (unpaired) electrons. The van der Waals surface area contributed by atoms with Crippen LogP contribution in [0.4, 0.5) is 4.79 Å². The first-order chi connectivity index (χ1) is 6.49. The van der Waals surface area contributed by atoms with Gasteiger partial charge in [0.15, 0.2) is 16.1 Å². The van der Waals surface area contributed by atoms with Gasteiger partial charge < -0.3 is 10.1 Å². The zero-order chi connectivity index (χ0) is 12.3. The van der Waals surface area contributed by atoms with Gasteiger partial charge in [0.1, 0.15) is 5.75 Å². The second-order valence-corrected chi connectivity index (χ2v) is 6.60. The SMILES string of the molecule is CC(C)(C)NC(=O)OC(N)CS(C)(=O)=O. The van der Waals surface area contributed by atoms with Crippen LogP contribution in [0.25, 0.3) is 0 Å². The molecule has 0 aromatic carbocycles. The number of hydrogen-bond donors (Lipinski definition) is 2. The second-order valence-electron chi connectivity index (χ2n) is 4.41. The van der Waals surface area contributed by atoms with Crippen LogP contribution in [0.15, 0.2) is 0 Å². The van der Waals surface area contributed by atoms with Crippen molar-refractivity contribution >= 4 is 15.9 Å². The largest absolute Gasteiger partial charge is 0.430 e. The fraction of sp³-hybridized carbons (Fsp3) is 0.875. The Bertz CT molecular complexity index is 318. The van der Waals surface area contributed by atoms with E-state index < -0.39 is 27.7 Å². The molecule has 90 valence electrons. The number of carbonyl (C=O) groups is 1. The van der Waals surface area contributed by atoms with Crippen molar-refractivity contribution in [3.63, 3.8) is 0 Å². The zero-order valence-corrected chi connectivity index (χ0v) is 10.2. The maximum atomic E-state index is 11.1. The minimum Gasteiger partial charge on any atom is -0.430 e. The summed E-state index contributed by atoms with van der Waals surface area (Å²) in [5, 5.41) is 2.50. The highest BCUT2D eigenvalue weighted by Crippen LogP contribution is 2.00. The molecule has 0 saturated heterocycles. The lowest BCUT2D eigenvalue weighted by Crippen LogP contribution is -2.45. The van der Waals surface area contributed by atoms with Crippen LogP contribution in [0.5, 0.6) is 0 Å². The van der Waals surface area contributed by atoms with Crippen LogP contribution in [-0.2, 0) is 14.6 Å². The van der Waals surface area contributed by atoms with Crippen LogP contribution >= 0.6 is 0 Å². The quantitative estimate of drug-likeness (QED) is 0.666. The first-order valence-corrected chi connectivity index (χ1v) is 6.48. The molecule has 7 heteroatoms. The fourth-order valence-electron chi connectivity index (χ4n) is 0.806. The van der Waals surface area contributed by atoms with Gasteiger partial charge in [0.2, 0.25) is 0 Å². The van der Waals surface area contributed by atoms with E-state index in [1.54, 1.807) is 20.8 Å². The third-order valence-corrected chi connectivity index (χ3v) is 2.14. The van der Waals surface area contributed by atoms with Crippen molar-refractivity contribution in [1.29, 1.82) is 0 Å². The van der Waals surface area contributed by atoms with Gasteiger partial charge in [-0.15, -0.1) is 0 Å². The van der Waals surface area contributed by atoms with E-state index in [2.05, 4.69) is 10.1 Å². The predicted molar refractivity (Wildman–Crippen MR) is 57.1 cm³/mol. The summed E-state index contributed by atoms with van der Waals surface area (Å²) in [6, 6.07) is 0. The Morgan fingerprint density at radius 3 is 2.27 bits per heavy atom. The minimum absolute atomic E-state index is 0.384. The second kappa shape index (κ2) is 4.80. The number of sulfone groups is 1. The Morgan fingerprint density at radius 1 is 1.47 bits per heavy atom. The molecule has 0 aromatic rings. The Labute approximate surface area is 90.1 Å². The van der Waals surface area contributed by atoms with Gasteiger partial charge in [-0.2, -0.15) is 0 Å². The number of ether oxygens (including phenoxy) is 1. The Balaban J connectivity index is 4.09. The maximum Gasteiger partial charge on any atom is 0.409 e. The first-order valence-electron chi connectivity index (χ1n) is 4.42. The maximum absolute atomic E-state index is 11.1. The highest BCUT2D eigenvalue weighted by Gasteiger charge is 2.19. The molecule has 1 atom stereocenters. The van der Waals surface area contributed by atoms with E-state index in [0.717, 1.165) is 6.26 Å². The van der Waals surface area contributed by atoms with Crippen LogP contribution in [0.2, 0.25) is 0 Å². The number of amides is 1. The molecule has 3 N–H and O–H groups in total. The summed E-state index contributed by atoms with van der Waals surface area (Å²) in [7, 11) is -3.24. The zero-order valence-electron chi connectivity index (χ0n) is 9.40. The number of alkyl carbamates (subject to hydrolysis) is 1. The molecule has 0 aliphatic carbocycles. The van der Waals surface area contributed by atoms with Gasteiger partial charge in [-0.25, -0.2) is 13.2 Å². The van der Waals surface area contributed by atoms with E-state index in [0.29, 0.717) is 0 Å². The molecule has 1 unspecified atom stereocenters. The van der Waals surface area contributed by atoms with Crippen LogP contribution in [0.3, 0.4) is 0 Å². The molecule has 0 bridgehead atoms. The highest BCUT2D eigenvalue weighted by atomic mass is 32.2. The van der Waals surface area contributed by atoms with E-state index in [-0.39, 0.29) is 5.75 Å². The summed E-state index contributed by atoms with van der Waals surface area (Å²) in [5.41, 5.74) is 4.87. The van der Waals surface area contributed by atoms with Gasteiger partial charge in [0.05, 0.1) is 0 Å². The fourth-order valence-corrected chi connectivity index (χ4v) is 1.47. The van der Waals surface area contributed by atoms with Crippen molar-refractivity contribution in [2.24, 2.45) is 5.73 Å². The summed E-state index contributed by atoms with van der Waals surface area (Å²) in [6.07, 6.45) is -0.835. The summed E-state index contributed by atoms with van der Waals surface area (Å²) < 4.78 is 26.3. The van der Waals surface area contributed by atoms with Gasteiger partial charge in [-0.05, 0) is 20.8 Å². The summed E-state index contributed by atoms with van der Waals surface area (Å²) in [6.45, 7) is 5.32. The molecule has 1 amide bonds. The molecule has 0 fully saturated rings. The van der Waals surface area contributed by atoms with Crippen LogP contribution in [0.1, 0.15) is 20.8 Å². The van der Waals surface area contributed by atoms with Gasteiger partial charge in [-0.3, -0.25) is 5.73 Å². The molecule has 0 aliphatic heterocycles. The molecule has 0 heterocycles. The molecule has 6 nitrogen and oxygen atoms in total. The molecular weight excluding hydrogens is 220 g/mol. The lowest BCUT2D eigenvalue weighted by molar-refractivity contribution is 0.104. The molecule has 0 aromatic heterocycles. The molecule has 0 aliphatic rings. The Kier molecular flexibility index (Phi) is 4.54. The molecule has 0 spiro atoms.